The Morgan fingerprint density at radius 1 is 1.29 bits per heavy atom. The first kappa shape index (κ1) is 13.0. The minimum absolute atomic E-state index is 0.868. The number of carbonyl (C=O) groups excluding carboxylic acids is 1. The third kappa shape index (κ3) is 2.97. The molecule has 1 amide bonds. The molecule has 0 aliphatic carbocycles. The Labute approximate surface area is 94.7 Å². The molecular formula is C10H9F2NO4. The predicted octanol–water partition coefficient (Wildman–Crippen LogP) is 0.140. The number of aliphatic hydroxyl groups excluding tert-OH is 1. The number of aliphatic carboxylic acids is 1. The van der Waals surface area contributed by atoms with Gasteiger partial charge in [-0.15, -0.1) is 0 Å². The van der Waals surface area contributed by atoms with Crippen molar-refractivity contribution < 1.29 is 28.6 Å². The average molecular weight is 245 g/mol. The number of aliphatic hydroxyl groups is 1. The highest BCUT2D eigenvalue weighted by molar-refractivity contribution is 5.97. The summed E-state index contributed by atoms with van der Waals surface area (Å²) in [6.07, 6.45) is 0. The van der Waals surface area contributed by atoms with Crippen LogP contribution in [0.15, 0.2) is 18.2 Å². The molecule has 7 heteroatoms. The van der Waals surface area contributed by atoms with Crippen LogP contribution in [0.3, 0.4) is 0 Å². The lowest BCUT2D eigenvalue weighted by atomic mass is 10.1. The van der Waals surface area contributed by atoms with Gasteiger partial charge in [0, 0.05) is 0 Å². The lowest BCUT2D eigenvalue weighted by Crippen LogP contribution is -2.43. The summed E-state index contributed by atoms with van der Waals surface area (Å²) >= 11 is 0. The third-order valence-electron chi connectivity index (χ3n) is 1.98. The molecule has 0 aromatic heterocycles. The zero-order chi connectivity index (χ0) is 13.0. The summed E-state index contributed by atoms with van der Waals surface area (Å²) in [4.78, 5) is 21.9. The first-order chi connectivity index (χ1) is 7.97. The fraction of sp³-hybridized carbons (Fsp3) is 0.200. The van der Waals surface area contributed by atoms with Gasteiger partial charge < -0.3 is 15.5 Å². The molecule has 0 heterocycles. The highest BCUT2D eigenvalue weighted by atomic mass is 19.1. The second-order valence-corrected chi connectivity index (χ2v) is 3.14. The number of benzene rings is 1. The fourth-order valence-corrected chi connectivity index (χ4v) is 1.13. The Morgan fingerprint density at radius 3 is 2.24 bits per heavy atom. The van der Waals surface area contributed by atoms with Gasteiger partial charge in [-0.1, -0.05) is 6.07 Å². The first-order valence-electron chi connectivity index (χ1n) is 4.56. The van der Waals surface area contributed by atoms with E-state index >= 15 is 0 Å². The van der Waals surface area contributed by atoms with Gasteiger partial charge >= 0.3 is 5.97 Å². The van der Waals surface area contributed by atoms with E-state index in [1.807, 2.05) is 0 Å². The number of carboxylic acids is 1. The van der Waals surface area contributed by atoms with Crippen LogP contribution in [0.5, 0.6) is 0 Å². The maximum absolute atomic E-state index is 13.1. The number of nitrogens with one attached hydrogen (secondary N) is 1. The van der Waals surface area contributed by atoms with Crippen molar-refractivity contribution in [1.29, 1.82) is 0 Å². The van der Waals surface area contributed by atoms with E-state index in [1.54, 1.807) is 5.32 Å². The summed E-state index contributed by atoms with van der Waals surface area (Å²) in [7, 11) is 0. The molecule has 1 rings (SSSR count). The zero-order valence-corrected chi connectivity index (χ0v) is 8.48. The van der Waals surface area contributed by atoms with E-state index in [-0.39, 0.29) is 0 Å². The van der Waals surface area contributed by atoms with E-state index in [0.29, 0.717) is 0 Å². The molecule has 0 spiro atoms. The molecule has 0 aliphatic rings. The van der Waals surface area contributed by atoms with Gasteiger partial charge in [-0.3, -0.25) is 4.79 Å². The summed E-state index contributed by atoms with van der Waals surface area (Å²) in [5, 5.41) is 19.0. The second-order valence-electron chi connectivity index (χ2n) is 3.14. The second kappa shape index (κ2) is 5.35. The molecule has 1 atom stereocenters. The number of rotatable bonds is 4. The van der Waals surface area contributed by atoms with Gasteiger partial charge in [-0.25, -0.2) is 13.6 Å². The highest BCUT2D eigenvalue weighted by Crippen LogP contribution is 2.11. The van der Waals surface area contributed by atoms with Crippen LogP contribution in [0.4, 0.5) is 8.78 Å². The van der Waals surface area contributed by atoms with E-state index in [9.17, 15) is 18.4 Å². The van der Waals surface area contributed by atoms with Crippen molar-refractivity contribution in [2.75, 3.05) is 6.61 Å². The van der Waals surface area contributed by atoms with Crippen LogP contribution in [-0.2, 0) is 4.79 Å². The lowest BCUT2D eigenvalue weighted by molar-refractivity contribution is -0.140. The van der Waals surface area contributed by atoms with Gasteiger partial charge in [-0.2, -0.15) is 0 Å². The van der Waals surface area contributed by atoms with Gasteiger partial charge in [0.1, 0.15) is 17.2 Å². The molecule has 0 bridgehead atoms. The van der Waals surface area contributed by atoms with E-state index in [1.165, 1.54) is 0 Å². The number of hydrogen-bond acceptors (Lipinski definition) is 3. The van der Waals surface area contributed by atoms with Crippen molar-refractivity contribution in [1.82, 2.24) is 5.32 Å². The van der Waals surface area contributed by atoms with Crippen LogP contribution in [0.1, 0.15) is 10.4 Å². The predicted molar refractivity (Wildman–Crippen MR) is 52.3 cm³/mol. The fourth-order valence-electron chi connectivity index (χ4n) is 1.13. The van der Waals surface area contributed by atoms with Gasteiger partial charge in [0.25, 0.3) is 5.91 Å². The molecule has 5 nitrogen and oxygen atoms in total. The molecule has 0 radical (unpaired) electrons. The molecule has 0 saturated carbocycles. The maximum Gasteiger partial charge on any atom is 0.328 e. The Hall–Kier alpha value is -2.02. The molecule has 17 heavy (non-hydrogen) atoms. The van der Waals surface area contributed by atoms with Crippen LogP contribution in [0.2, 0.25) is 0 Å². The van der Waals surface area contributed by atoms with Crippen LogP contribution >= 0.6 is 0 Å². The van der Waals surface area contributed by atoms with Crippen molar-refractivity contribution in [2.24, 2.45) is 0 Å². The molecule has 1 aromatic rings. The van der Waals surface area contributed by atoms with Gasteiger partial charge in [0.15, 0.2) is 6.04 Å². The van der Waals surface area contributed by atoms with E-state index in [2.05, 4.69) is 0 Å². The molecule has 1 aromatic carbocycles. The normalized spacial score (nSPS) is 11.9. The minimum Gasteiger partial charge on any atom is -0.480 e. The lowest BCUT2D eigenvalue weighted by Gasteiger charge is -2.12. The number of amides is 1. The average Bonchev–Trinajstić information content (AvgIpc) is 2.25. The third-order valence-corrected chi connectivity index (χ3v) is 1.98. The van der Waals surface area contributed by atoms with Crippen molar-refractivity contribution in [3.05, 3.63) is 35.4 Å². The smallest absolute Gasteiger partial charge is 0.328 e. The van der Waals surface area contributed by atoms with Crippen LogP contribution < -0.4 is 5.32 Å². The number of carbonyl (C=O) groups is 2. The molecule has 0 fully saturated rings. The molecule has 0 saturated heterocycles. The Bertz CT molecular complexity index is 430. The molecule has 3 N–H and O–H groups in total. The monoisotopic (exact) mass is 245 g/mol. The quantitative estimate of drug-likeness (QED) is 0.704. The Morgan fingerprint density at radius 2 is 1.82 bits per heavy atom. The topological polar surface area (TPSA) is 86.6 Å². The molecular weight excluding hydrogens is 236 g/mol. The van der Waals surface area contributed by atoms with Crippen molar-refractivity contribution in [3.63, 3.8) is 0 Å². The summed E-state index contributed by atoms with van der Waals surface area (Å²) in [6, 6.07) is 1.20. The summed E-state index contributed by atoms with van der Waals surface area (Å²) in [5.41, 5.74) is -0.882. The van der Waals surface area contributed by atoms with E-state index in [4.69, 9.17) is 10.2 Å². The van der Waals surface area contributed by atoms with Crippen LogP contribution in [0.25, 0.3) is 0 Å². The SMILES string of the molecule is O=C(NC(CO)C(=O)O)c1c(F)cccc1F. The van der Waals surface area contributed by atoms with Gasteiger partial charge in [0.2, 0.25) is 0 Å². The van der Waals surface area contributed by atoms with E-state index < -0.39 is 41.7 Å². The summed E-state index contributed by atoms with van der Waals surface area (Å²) in [5.74, 6) is -4.95. The largest absolute Gasteiger partial charge is 0.480 e. The summed E-state index contributed by atoms with van der Waals surface area (Å²) in [6.45, 7) is -0.878. The Kier molecular flexibility index (Phi) is 4.11. The summed E-state index contributed by atoms with van der Waals surface area (Å²) < 4.78 is 26.3. The number of hydrogen-bond donors (Lipinski definition) is 3. The number of halogens is 2. The molecule has 1 unspecified atom stereocenters. The highest BCUT2D eigenvalue weighted by Gasteiger charge is 2.23. The molecule has 0 aliphatic heterocycles. The minimum atomic E-state index is -1.61. The van der Waals surface area contributed by atoms with Crippen LogP contribution in [0, 0.1) is 11.6 Å². The van der Waals surface area contributed by atoms with Crippen molar-refractivity contribution >= 4 is 11.9 Å². The maximum atomic E-state index is 13.1. The van der Waals surface area contributed by atoms with E-state index in [0.717, 1.165) is 18.2 Å². The molecule has 92 valence electrons. The number of carboxylic acid groups (broad SMARTS) is 1. The van der Waals surface area contributed by atoms with Crippen LogP contribution in [-0.4, -0.2) is 34.7 Å². The zero-order valence-electron chi connectivity index (χ0n) is 8.48. The van der Waals surface area contributed by atoms with Gasteiger partial charge in [0.05, 0.1) is 6.61 Å². The van der Waals surface area contributed by atoms with Gasteiger partial charge in [-0.05, 0) is 12.1 Å². The standard InChI is InChI=1S/C10H9F2NO4/c11-5-2-1-3-6(12)8(5)9(15)13-7(4-14)10(16)17/h1-3,7,14H,4H2,(H,13,15)(H,16,17). The van der Waals surface area contributed by atoms with Crippen molar-refractivity contribution in [2.45, 2.75) is 6.04 Å². The Balaban J connectivity index is 2.94. The van der Waals surface area contributed by atoms with Crippen molar-refractivity contribution in [3.8, 4) is 0 Å². The first-order valence-corrected chi connectivity index (χ1v) is 4.56.